The van der Waals surface area contributed by atoms with Crippen LogP contribution in [0.3, 0.4) is 0 Å². The Bertz CT molecular complexity index is 701. The molecule has 8 heteroatoms. The topological polar surface area (TPSA) is 76.4 Å². The van der Waals surface area contributed by atoms with Gasteiger partial charge >= 0.3 is 0 Å². The number of hydrogen-bond donors (Lipinski definition) is 2. The first-order valence-electron chi connectivity index (χ1n) is 8.71. The zero-order chi connectivity index (χ0) is 18.1. The maximum atomic E-state index is 5.58. The minimum Gasteiger partial charge on any atom is -0.494 e. The molecular formula is C18H29IN6O. The summed E-state index contributed by atoms with van der Waals surface area (Å²) in [6.07, 6.45) is 2.64. The lowest BCUT2D eigenvalue weighted by atomic mass is 10.1. The lowest BCUT2D eigenvalue weighted by Crippen LogP contribution is -2.38. The lowest BCUT2D eigenvalue weighted by Gasteiger charge is -2.14. The van der Waals surface area contributed by atoms with E-state index in [1.54, 1.807) is 13.4 Å². The van der Waals surface area contributed by atoms with E-state index in [1.165, 1.54) is 5.56 Å². The smallest absolute Gasteiger partial charge is 0.191 e. The van der Waals surface area contributed by atoms with Gasteiger partial charge in [0.15, 0.2) is 5.96 Å². The van der Waals surface area contributed by atoms with Gasteiger partial charge < -0.3 is 19.9 Å². The molecule has 0 amide bonds. The Labute approximate surface area is 172 Å². The molecule has 0 aliphatic rings. The molecule has 2 rings (SSSR count). The van der Waals surface area contributed by atoms with Gasteiger partial charge in [-0.05, 0) is 31.0 Å². The van der Waals surface area contributed by atoms with E-state index in [1.807, 2.05) is 13.0 Å². The van der Waals surface area contributed by atoms with Crippen molar-refractivity contribution in [1.82, 2.24) is 25.4 Å². The average Bonchev–Trinajstić information content (AvgIpc) is 3.07. The summed E-state index contributed by atoms with van der Waals surface area (Å²) in [5.74, 6) is 2.71. The van der Waals surface area contributed by atoms with Gasteiger partial charge in [-0.15, -0.1) is 34.2 Å². The molecule has 26 heavy (non-hydrogen) atoms. The quantitative estimate of drug-likeness (QED) is 0.351. The van der Waals surface area contributed by atoms with Crippen molar-refractivity contribution < 1.29 is 4.74 Å². The molecule has 1 aromatic carbocycles. The number of hydrogen-bond acceptors (Lipinski definition) is 4. The number of rotatable bonds is 8. The normalized spacial score (nSPS) is 11.0. The molecule has 0 saturated carbocycles. The second-order valence-electron chi connectivity index (χ2n) is 5.68. The number of halogens is 1. The van der Waals surface area contributed by atoms with Crippen LogP contribution in [-0.2, 0) is 19.5 Å². The van der Waals surface area contributed by atoms with Gasteiger partial charge in [0.1, 0.15) is 17.9 Å². The molecule has 2 aromatic rings. The van der Waals surface area contributed by atoms with E-state index in [-0.39, 0.29) is 24.0 Å². The van der Waals surface area contributed by atoms with Crippen molar-refractivity contribution in [3.05, 3.63) is 41.5 Å². The maximum absolute atomic E-state index is 5.58. The highest BCUT2D eigenvalue weighted by molar-refractivity contribution is 14.0. The van der Waals surface area contributed by atoms with E-state index in [9.17, 15) is 0 Å². The number of ether oxygens (including phenoxy) is 1. The van der Waals surface area contributed by atoms with Gasteiger partial charge in [-0.2, -0.15) is 0 Å². The third kappa shape index (κ3) is 6.47. The number of aryl methyl sites for hydroxylation is 2. The fraction of sp³-hybridized carbons (Fsp3) is 0.500. The van der Waals surface area contributed by atoms with E-state index in [4.69, 9.17) is 4.74 Å². The second kappa shape index (κ2) is 11.7. The van der Waals surface area contributed by atoms with E-state index >= 15 is 0 Å². The molecule has 1 aromatic heterocycles. The molecule has 0 saturated heterocycles. The van der Waals surface area contributed by atoms with E-state index in [0.717, 1.165) is 42.6 Å². The molecule has 0 bridgehead atoms. The molecule has 1 heterocycles. The lowest BCUT2D eigenvalue weighted by molar-refractivity contribution is 0.338. The first-order valence-corrected chi connectivity index (χ1v) is 8.71. The summed E-state index contributed by atoms with van der Waals surface area (Å²) in [6, 6.07) is 6.23. The zero-order valence-electron chi connectivity index (χ0n) is 16.0. The van der Waals surface area contributed by atoms with Crippen LogP contribution in [0.15, 0.2) is 29.5 Å². The molecule has 144 valence electrons. The summed E-state index contributed by atoms with van der Waals surface area (Å²) < 4.78 is 7.63. The molecule has 7 nitrogen and oxygen atoms in total. The molecule has 0 atom stereocenters. The fourth-order valence-corrected chi connectivity index (χ4v) is 2.58. The Morgan fingerprint density at radius 1 is 1.27 bits per heavy atom. The minimum absolute atomic E-state index is 0. The minimum atomic E-state index is 0. The van der Waals surface area contributed by atoms with Gasteiger partial charge in [0.25, 0.3) is 0 Å². The number of aromatic nitrogens is 3. The summed E-state index contributed by atoms with van der Waals surface area (Å²) in [5, 5.41) is 14.7. The predicted octanol–water partition coefficient (Wildman–Crippen LogP) is 2.53. The van der Waals surface area contributed by atoms with Crippen LogP contribution in [0.2, 0.25) is 0 Å². The number of benzene rings is 1. The van der Waals surface area contributed by atoms with Crippen molar-refractivity contribution >= 4 is 29.9 Å². The number of nitrogens with one attached hydrogen (secondary N) is 2. The van der Waals surface area contributed by atoms with Crippen LogP contribution in [0.1, 0.15) is 30.8 Å². The molecule has 0 aliphatic heterocycles. The van der Waals surface area contributed by atoms with Crippen LogP contribution in [0.25, 0.3) is 0 Å². The molecular weight excluding hydrogens is 443 g/mol. The van der Waals surface area contributed by atoms with E-state index < -0.39 is 0 Å². The van der Waals surface area contributed by atoms with Crippen LogP contribution < -0.4 is 15.4 Å². The monoisotopic (exact) mass is 472 g/mol. The van der Waals surface area contributed by atoms with E-state index in [0.29, 0.717) is 13.2 Å². The largest absolute Gasteiger partial charge is 0.494 e. The van der Waals surface area contributed by atoms with Gasteiger partial charge in [0.2, 0.25) is 0 Å². The van der Waals surface area contributed by atoms with Gasteiger partial charge in [-0.3, -0.25) is 4.99 Å². The van der Waals surface area contributed by atoms with E-state index in [2.05, 4.69) is 56.4 Å². The van der Waals surface area contributed by atoms with Crippen molar-refractivity contribution in [2.24, 2.45) is 4.99 Å². The zero-order valence-corrected chi connectivity index (χ0v) is 18.3. The van der Waals surface area contributed by atoms with Crippen molar-refractivity contribution in [3.8, 4) is 5.75 Å². The first-order chi connectivity index (χ1) is 12.2. The second-order valence-corrected chi connectivity index (χ2v) is 5.68. The van der Waals surface area contributed by atoms with Crippen molar-refractivity contribution in [2.75, 3.05) is 20.2 Å². The Morgan fingerprint density at radius 3 is 2.73 bits per heavy atom. The molecule has 0 aliphatic carbocycles. The third-order valence-electron chi connectivity index (χ3n) is 3.88. The fourth-order valence-electron chi connectivity index (χ4n) is 2.58. The van der Waals surface area contributed by atoms with Crippen LogP contribution in [-0.4, -0.2) is 40.9 Å². The average molecular weight is 472 g/mol. The number of nitrogens with zero attached hydrogens (tertiary/aromatic N) is 4. The maximum Gasteiger partial charge on any atom is 0.191 e. The Morgan fingerprint density at radius 2 is 2.08 bits per heavy atom. The predicted molar refractivity (Wildman–Crippen MR) is 115 cm³/mol. The highest BCUT2D eigenvalue weighted by atomic mass is 127. The molecule has 0 unspecified atom stereocenters. The van der Waals surface area contributed by atoms with Gasteiger partial charge in [-0.25, -0.2) is 0 Å². The summed E-state index contributed by atoms with van der Waals surface area (Å²) in [7, 11) is 1.77. The van der Waals surface area contributed by atoms with Gasteiger partial charge in [0.05, 0.1) is 6.61 Å². The molecule has 0 spiro atoms. The van der Waals surface area contributed by atoms with Crippen molar-refractivity contribution in [1.29, 1.82) is 0 Å². The molecule has 0 radical (unpaired) electrons. The van der Waals surface area contributed by atoms with Crippen LogP contribution in [0.4, 0.5) is 0 Å². The highest BCUT2D eigenvalue weighted by Gasteiger charge is 2.04. The van der Waals surface area contributed by atoms with Gasteiger partial charge in [-0.1, -0.05) is 19.1 Å². The Balaban J connectivity index is 0.00000338. The first kappa shape index (κ1) is 22.2. The summed E-state index contributed by atoms with van der Waals surface area (Å²) in [6.45, 7) is 9.08. The van der Waals surface area contributed by atoms with Crippen LogP contribution in [0, 0.1) is 6.92 Å². The standard InChI is InChI=1S/C18H28N6O.HI/c1-5-17-23-22-13-24(17)10-9-20-18(19-4)21-12-15-7-8-16(25-6-2)14(3)11-15;/h7-8,11,13H,5-6,9-10,12H2,1-4H3,(H2,19,20,21);1H. The highest BCUT2D eigenvalue weighted by Crippen LogP contribution is 2.18. The van der Waals surface area contributed by atoms with Crippen molar-refractivity contribution in [2.45, 2.75) is 40.3 Å². The summed E-state index contributed by atoms with van der Waals surface area (Å²) >= 11 is 0. The summed E-state index contributed by atoms with van der Waals surface area (Å²) in [5.41, 5.74) is 2.33. The van der Waals surface area contributed by atoms with Crippen LogP contribution in [0.5, 0.6) is 5.75 Å². The third-order valence-corrected chi connectivity index (χ3v) is 3.88. The van der Waals surface area contributed by atoms with Crippen molar-refractivity contribution in [3.63, 3.8) is 0 Å². The number of guanidine groups is 1. The molecule has 2 N–H and O–H groups in total. The van der Waals surface area contributed by atoms with Gasteiger partial charge in [0, 0.05) is 33.1 Å². The summed E-state index contributed by atoms with van der Waals surface area (Å²) in [4.78, 5) is 4.26. The number of aliphatic imine (C=N–C) groups is 1. The Kier molecular flexibility index (Phi) is 10.0. The molecule has 0 fully saturated rings. The SMILES string of the molecule is CCOc1ccc(CNC(=NC)NCCn2cnnc2CC)cc1C.I. The Hall–Kier alpha value is -1.84. The van der Waals surface area contributed by atoms with Crippen LogP contribution >= 0.6 is 24.0 Å².